The lowest BCUT2D eigenvalue weighted by Crippen LogP contribution is -2.34. The lowest BCUT2D eigenvalue weighted by molar-refractivity contribution is -0.149. The van der Waals surface area contributed by atoms with E-state index in [2.05, 4.69) is 5.32 Å². The first kappa shape index (κ1) is 14.5. The van der Waals surface area contributed by atoms with Crippen LogP contribution in [0.2, 0.25) is 0 Å². The Morgan fingerprint density at radius 1 is 1.30 bits per heavy atom. The summed E-state index contributed by atoms with van der Waals surface area (Å²) in [5.74, 6) is -1.00. The van der Waals surface area contributed by atoms with Crippen molar-refractivity contribution >= 4 is 11.9 Å². The highest BCUT2D eigenvalue weighted by molar-refractivity contribution is 5.78. The first-order valence-corrected chi connectivity index (χ1v) is 6.75. The summed E-state index contributed by atoms with van der Waals surface area (Å²) in [6.45, 7) is 2.37. The van der Waals surface area contributed by atoms with Crippen LogP contribution in [0.25, 0.3) is 0 Å². The molecule has 1 aliphatic rings. The fraction of sp³-hybridized carbons (Fsp3) is 0.467. The Bertz CT molecular complexity index is 483. The SMILES string of the molecule is Cc1ccc(CC(=O)NCC2CCC(C(=O)O)O2)cc1. The lowest BCUT2D eigenvalue weighted by Gasteiger charge is -2.12. The fourth-order valence-corrected chi connectivity index (χ4v) is 2.22. The van der Waals surface area contributed by atoms with Crippen LogP contribution in [0.15, 0.2) is 24.3 Å². The third-order valence-corrected chi connectivity index (χ3v) is 3.40. The molecule has 0 spiro atoms. The molecule has 5 nitrogen and oxygen atoms in total. The topological polar surface area (TPSA) is 75.6 Å². The Morgan fingerprint density at radius 3 is 2.60 bits per heavy atom. The Morgan fingerprint density at radius 2 is 2.00 bits per heavy atom. The number of aryl methyl sites for hydroxylation is 1. The summed E-state index contributed by atoms with van der Waals surface area (Å²) >= 11 is 0. The number of hydrogen-bond donors (Lipinski definition) is 2. The number of rotatable bonds is 5. The van der Waals surface area contributed by atoms with Crippen molar-refractivity contribution in [2.24, 2.45) is 0 Å². The van der Waals surface area contributed by atoms with Crippen molar-refractivity contribution in [1.29, 1.82) is 0 Å². The van der Waals surface area contributed by atoms with Gasteiger partial charge in [0.2, 0.25) is 5.91 Å². The van der Waals surface area contributed by atoms with E-state index in [-0.39, 0.29) is 12.0 Å². The number of ether oxygens (including phenoxy) is 1. The first-order valence-electron chi connectivity index (χ1n) is 6.75. The van der Waals surface area contributed by atoms with Gasteiger partial charge in [0, 0.05) is 6.54 Å². The minimum atomic E-state index is -0.932. The second-order valence-electron chi connectivity index (χ2n) is 5.13. The molecule has 2 atom stereocenters. The van der Waals surface area contributed by atoms with Gasteiger partial charge in [-0.15, -0.1) is 0 Å². The molecule has 1 fully saturated rings. The van der Waals surface area contributed by atoms with Gasteiger partial charge in [0.05, 0.1) is 12.5 Å². The summed E-state index contributed by atoms with van der Waals surface area (Å²) < 4.78 is 5.32. The first-order chi connectivity index (χ1) is 9.54. The van der Waals surface area contributed by atoms with Crippen molar-refractivity contribution in [2.75, 3.05) is 6.54 Å². The van der Waals surface area contributed by atoms with Crippen molar-refractivity contribution in [2.45, 2.75) is 38.4 Å². The molecule has 1 aromatic carbocycles. The predicted molar refractivity (Wildman–Crippen MR) is 73.4 cm³/mol. The number of carbonyl (C=O) groups is 2. The summed E-state index contributed by atoms with van der Waals surface area (Å²) in [6.07, 6.45) is 0.581. The number of amides is 1. The Hall–Kier alpha value is -1.88. The van der Waals surface area contributed by atoms with E-state index in [1.54, 1.807) is 0 Å². The molecule has 2 N–H and O–H groups in total. The summed E-state index contributed by atoms with van der Waals surface area (Å²) in [4.78, 5) is 22.5. The zero-order valence-electron chi connectivity index (χ0n) is 11.5. The average Bonchev–Trinajstić information content (AvgIpc) is 2.88. The molecule has 0 aliphatic carbocycles. The molecule has 0 bridgehead atoms. The summed E-state index contributed by atoms with van der Waals surface area (Å²) in [5.41, 5.74) is 2.12. The molecule has 1 aromatic rings. The lowest BCUT2D eigenvalue weighted by atomic mass is 10.1. The number of nitrogens with one attached hydrogen (secondary N) is 1. The monoisotopic (exact) mass is 277 g/mol. The number of aliphatic carboxylic acids is 1. The summed E-state index contributed by atoms with van der Waals surface area (Å²) in [6, 6.07) is 7.81. The second kappa shape index (κ2) is 6.52. The average molecular weight is 277 g/mol. The van der Waals surface area contributed by atoms with Crippen LogP contribution in [-0.4, -0.2) is 35.7 Å². The maximum absolute atomic E-state index is 11.8. The van der Waals surface area contributed by atoms with Crippen LogP contribution in [0.1, 0.15) is 24.0 Å². The minimum absolute atomic E-state index is 0.0729. The van der Waals surface area contributed by atoms with Crippen molar-refractivity contribution < 1.29 is 19.4 Å². The smallest absolute Gasteiger partial charge is 0.332 e. The fourth-order valence-electron chi connectivity index (χ4n) is 2.22. The van der Waals surface area contributed by atoms with Crippen LogP contribution in [0.5, 0.6) is 0 Å². The molecular weight excluding hydrogens is 258 g/mol. The van der Waals surface area contributed by atoms with Gasteiger partial charge < -0.3 is 15.2 Å². The zero-order valence-corrected chi connectivity index (χ0v) is 11.5. The highest BCUT2D eigenvalue weighted by Gasteiger charge is 2.30. The third-order valence-electron chi connectivity index (χ3n) is 3.40. The number of carboxylic acid groups (broad SMARTS) is 1. The summed E-state index contributed by atoms with van der Waals surface area (Å²) in [5, 5.41) is 11.6. The molecule has 1 amide bonds. The van der Waals surface area contributed by atoms with Gasteiger partial charge in [-0.05, 0) is 25.3 Å². The van der Waals surface area contributed by atoms with E-state index in [0.717, 1.165) is 11.1 Å². The molecule has 1 saturated heterocycles. The van der Waals surface area contributed by atoms with Gasteiger partial charge in [-0.25, -0.2) is 4.79 Å². The third kappa shape index (κ3) is 4.06. The molecule has 108 valence electrons. The van der Waals surface area contributed by atoms with E-state index < -0.39 is 12.1 Å². The highest BCUT2D eigenvalue weighted by Crippen LogP contribution is 2.19. The molecule has 20 heavy (non-hydrogen) atoms. The van der Waals surface area contributed by atoms with E-state index in [1.165, 1.54) is 0 Å². The molecule has 2 unspecified atom stereocenters. The maximum Gasteiger partial charge on any atom is 0.332 e. The van der Waals surface area contributed by atoms with Crippen LogP contribution < -0.4 is 5.32 Å². The molecule has 1 heterocycles. The molecule has 2 rings (SSSR count). The van der Waals surface area contributed by atoms with Crippen molar-refractivity contribution in [1.82, 2.24) is 5.32 Å². The van der Waals surface area contributed by atoms with Crippen molar-refractivity contribution in [3.8, 4) is 0 Å². The number of carbonyl (C=O) groups excluding carboxylic acids is 1. The number of carboxylic acids is 1. The zero-order chi connectivity index (χ0) is 14.5. The van der Waals surface area contributed by atoms with Gasteiger partial charge in [-0.3, -0.25) is 4.79 Å². The van der Waals surface area contributed by atoms with Gasteiger partial charge in [-0.1, -0.05) is 29.8 Å². The predicted octanol–water partition coefficient (Wildman–Crippen LogP) is 1.29. The van der Waals surface area contributed by atoms with E-state index >= 15 is 0 Å². The van der Waals surface area contributed by atoms with E-state index in [4.69, 9.17) is 9.84 Å². The van der Waals surface area contributed by atoms with Gasteiger partial charge in [0.25, 0.3) is 0 Å². The Labute approximate surface area is 117 Å². The van der Waals surface area contributed by atoms with E-state index in [1.807, 2.05) is 31.2 Å². The number of benzene rings is 1. The van der Waals surface area contributed by atoms with Crippen molar-refractivity contribution in [3.63, 3.8) is 0 Å². The maximum atomic E-state index is 11.8. The molecule has 5 heteroatoms. The normalized spacial score (nSPS) is 21.6. The minimum Gasteiger partial charge on any atom is -0.479 e. The van der Waals surface area contributed by atoms with Crippen molar-refractivity contribution in [3.05, 3.63) is 35.4 Å². The molecule has 0 radical (unpaired) electrons. The Kier molecular flexibility index (Phi) is 4.74. The van der Waals surface area contributed by atoms with Gasteiger partial charge in [0.15, 0.2) is 6.10 Å². The quantitative estimate of drug-likeness (QED) is 0.850. The molecule has 0 saturated carbocycles. The van der Waals surface area contributed by atoms with Crippen LogP contribution in [-0.2, 0) is 20.7 Å². The van der Waals surface area contributed by atoms with E-state index in [0.29, 0.717) is 25.8 Å². The van der Waals surface area contributed by atoms with Crippen LogP contribution >= 0.6 is 0 Å². The Balaban J connectivity index is 1.73. The highest BCUT2D eigenvalue weighted by atomic mass is 16.5. The van der Waals surface area contributed by atoms with Gasteiger partial charge in [-0.2, -0.15) is 0 Å². The number of hydrogen-bond acceptors (Lipinski definition) is 3. The van der Waals surface area contributed by atoms with Crippen LogP contribution in [0, 0.1) is 6.92 Å². The van der Waals surface area contributed by atoms with Crippen LogP contribution in [0.3, 0.4) is 0 Å². The molecular formula is C15H19NO4. The largest absolute Gasteiger partial charge is 0.479 e. The van der Waals surface area contributed by atoms with Crippen LogP contribution in [0.4, 0.5) is 0 Å². The van der Waals surface area contributed by atoms with E-state index in [9.17, 15) is 9.59 Å². The second-order valence-corrected chi connectivity index (χ2v) is 5.13. The summed E-state index contributed by atoms with van der Waals surface area (Å²) in [7, 11) is 0. The van der Waals surface area contributed by atoms with Gasteiger partial charge in [0.1, 0.15) is 0 Å². The van der Waals surface area contributed by atoms with Gasteiger partial charge >= 0.3 is 5.97 Å². The molecule has 1 aliphatic heterocycles. The molecule has 0 aromatic heterocycles. The standard InChI is InChI=1S/C15H19NO4/c1-10-2-4-11(5-3-10)8-14(17)16-9-12-6-7-13(20-12)15(18)19/h2-5,12-13H,6-9H2,1H3,(H,16,17)(H,18,19).